The van der Waals surface area contributed by atoms with Crippen LogP contribution in [-0.2, 0) is 9.59 Å². The molecule has 122 valence electrons. The van der Waals surface area contributed by atoms with Crippen LogP contribution in [-0.4, -0.2) is 35.6 Å². The summed E-state index contributed by atoms with van der Waals surface area (Å²) < 4.78 is 0. The second-order valence-electron chi connectivity index (χ2n) is 7.37. The lowest BCUT2D eigenvalue weighted by atomic mass is 9.86. The molecule has 5 nitrogen and oxygen atoms in total. The molecule has 0 aromatic carbocycles. The van der Waals surface area contributed by atoms with E-state index in [1.165, 1.54) is 0 Å². The third-order valence-electron chi connectivity index (χ3n) is 4.03. The highest BCUT2D eigenvalue weighted by Crippen LogP contribution is 2.23. The van der Waals surface area contributed by atoms with Gasteiger partial charge in [-0.25, -0.2) is 0 Å². The first-order valence-electron chi connectivity index (χ1n) is 7.97. The largest absolute Gasteiger partial charge is 0.481 e. The summed E-state index contributed by atoms with van der Waals surface area (Å²) in [6.07, 6.45) is 3.69. The van der Waals surface area contributed by atoms with Gasteiger partial charge in [-0.2, -0.15) is 0 Å². The second-order valence-corrected chi connectivity index (χ2v) is 7.37. The Hall–Kier alpha value is -1.10. The topological polar surface area (TPSA) is 78.4 Å². The van der Waals surface area contributed by atoms with Gasteiger partial charge in [0, 0.05) is 6.04 Å². The fourth-order valence-electron chi connectivity index (χ4n) is 2.99. The Morgan fingerprint density at radius 1 is 1.38 bits per heavy atom. The van der Waals surface area contributed by atoms with Gasteiger partial charge in [0.2, 0.25) is 5.91 Å². The number of hydrogen-bond donors (Lipinski definition) is 3. The van der Waals surface area contributed by atoms with Gasteiger partial charge in [-0.15, -0.1) is 0 Å². The van der Waals surface area contributed by atoms with E-state index in [1.54, 1.807) is 0 Å². The van der Waals surface area contributed by atoms with Gasteiger partial charge >= 0.3 is 5.97 Å². The smallest absolute Gasteiger partial charge is 0.305 e. The molecule has 1 heterocycles. The van der Waals surface area contributed by atoms with Crippen molar-refractivity contribution in [2.75, 3.05) is 6.54 Å². The summed E-state index contributed by atoms with van der Waals surface area (Å²) in [5.41, 5.74) is -0.0145. The number of rotatable bonds is 6. The van der Waals surface area contributed by atoms with Gasteiger partial charge in [0.15, 0.2) is 0 Å². The molecule has 1 rings (SSSR count). The van der Waals surface area contributed by atoms with Crippen LogP contribution in [0.2, 0.25) is 0 Å². The predicted molar refractivity (Wildman–Crippen MR) is 83.1 cm³/mol. The van der Waals surface area contributed by atoms with Crippen molar-refractivity contribution in [2.45, 2.75) is 71.9 Å². The van der Waals surface area contributed by atoms with E-state index >= 15 is 0 Å². The molecule has 1 aliphatic rings. The summed E-state index contributed by atoms with van der Waals surface area (Å²) in [6, 6.07) is -0.487. The van der Waals surface area contributed by atoms with Gasteiger partial charge in [-0.05, 0) is 37.1 Å². The van der Waals surface area contributed by atoms with Crippen molar-refractivity contribution in [3.05, 3.63) is 0 Å². The molecule has 1 amide bonds. The molecule has 0 radical (unpaired) electrons. The molecule has 0 aliphatic carbocycles. The van der Waals surface area contributed by atoms with Crippen LogP contribution in [0, 0.1) is 11.3 Å². The highest BCUT2D eigenvalue weighted by atomic mass is 16.4. The first kappa shape index (κ1) is 18.0. The van der Waals surface area contributed by atoms with Crippen LogP contribution >= 0.6 is 0 Å². The maximum Gasteiger partial charge on any atom is 0.305 e. The normalized spacial score (nSPS) is 24.4. The molecular weight excluding hydrogens is 268 g/mol. The molecule has 0 bridgehead atoms. The Kier molecular flexibility index (Phi) is 6.65. The molecule has 1 aliphatic heterocycles. The molecule has 3 unspecified atom stereocenters. The van der Waals surface area contributed by atoms with Crippen molar-refractivity contribution in [3.8, 4) is 0 Å². The number of nitrogens with one attached hydrogen (secondary N) is 2. The van der Waals surface area contributed by atoms with Crippen LogP contribution in [0.1, 0.15) is 59.8 Å². The van der Waals surface area contributed by atoms with Crippen molar-refractivity contribution >= 4 is 11.9 Å². The summed E-state index contributed by atoms with van der Waals surface area (Å²) in [4.78, 5) is 23.4. The summed E-state index contributed by atoms with van der Waals surface area (Å²) in [5, 5.41) is 15.2. The van der Waals surface area contributed by atoms with Crippen molar-refractivity contribution in [3.63, 3.8) is 0 Å². The fraction of sp³-hybridized carbons (Fsp3) is 0.875. The molecule has 3 N–H and O–H groups in total. The van der Waals surface area contributed by atoms with Crippen LogP contribution in [0.25, 0.3) is 0 Å². The molecule has 0 aromatic rings. The molecule has 1 fully saturated rings. The molecular formula is C16H30N2O3. The Bertz CT molecular complexity index is 363. The van der Waals surface area contributed by atoms with Crippen molar-refractivity contribution in [1.29, 1.82) is 0 Å². The molecule has 21 heavy (non-hydrogen) atoms. The zero-order valence-electron chi connectivity index (χ0n) is 13.7. The fourth-order valence-corrected chi connectivity index (χ4v) is 2.99. The Morgan fingerprint density at radius 3 is 2.57 bits per heavy atom. The predicted octanol–water partition coefficient (Wildman–Crippen LogP) is 2.16. The Labute approximate surface area is 127 Å². The SMILES string of the molecule is CCC1CCNC(C(=O)NC(CC(=O)O)CC(C)(C)C)C1. The molecule has 0 spiro atoms. The summed E-state index contributed by atoms with van der Waals surface area (Å²) in [5.74, 6) is -0.334. The van der Waals surface area contributed by atoms with Crippen molar-refractivity contribution in [1.82, 2.24) is 10.6 Å². The highest BCUT2D eigenvalue weighted by molar-refractivity contribution is 5.82. The standard InChI is InChI=1S/C16H30N2O3/c1-5-11-6-7-17-13(8-11)15(21)18-12(9-14(19)20)10-16(2,3)4/h11-13,17H,5-10H2,1-4H3,(H,18,21)(H,19,20). The summed E-state index contributed by atoms with van der Waals surface area (Å²) >= 11 is 0. The average Bonchev–Trinajstić information content (AvgIpc) is 2.35. The number of carbonyl (C=O) groups is 2. The monoisotopic (exact) mass is 298 g/mol. The zero-order valence-corrected chi connectivity index (χ0v) is 13.7. The number of amides is 1. The van der Waals surface area contributed by atoms with Crippen molar-refractivity contribution in [2.24, 2.45) is 11.3 Å². The number of carbonyl (C=O) groups excluding carboxylic acids is 1. The Balaban J connectivity index is 2.60. The van der Waals surface area contributed by atoms with Crippen LogP contribution in [0.4, 0.5) is 0 Å². The van der Waals surface area contributed by atoms with E-state index in [4.69, 9.17) is 5.11 Å². The van der Waals surface area contributed by atoms with Crippen LogP contribution in [0.5, 0.6) is 0 Å². The Morgan fingerprint density at radius 2 is 2.05 bits per heavy atom. The number of carboxylic acids is 1. The first-order valence-corrected chi connectivity index (χ1v) is 7.97. The minimum absolute atomic E-state index is 0.0145. The maximum absolute atomic E-state index is 12.4. The third-order valence-corrected chi connectivity index (χ3v) is 4.03. The van der Waals surface area contributed by atoms with Gasteiger partial charge in [-0.1, -0.05) is 34.1 Å². The number of piperidine rings is 1. The van der Waals surface area contributed by atoms with E-state index in [-0.39, 0.29) is 29.8 Å². The lowest BCUT2D eigenvalue weighted by Gasteiger charge is -2.31. The number of aliphatic carboxylic acids is 1. The summed E-state index contributed by atoms with van der Waals surface area (Å²) in [6.45, 7) is 9.18. The van der Waals surface area contributed by atoms with E-state index in [9.17, 15) is 9.59 Å². The highest BCUT2D eigenvalue weighted by Gasteiger charge is 2.29. The van der Waals surface area contributed by atoms with Gasteiger partial charge in [0.1, 0.15) is 0 Å². The molecule has 0 aromatic heterocycles. The number of hydrogen-bond acceptors (Lipinski definition) is 3. The lowest BCUT2D eigenvalue weighted by Crippen LogP contribution is -2.52. The van der Waals surface area contributed by atoms with E-state index in [0.717, 1.165) is 25.8 Å². The van der Waals surface area contributed by atoms with Crippen LogP contribution < -0.4 is 10.6 Å². The van der Waals surface area contributed by atoms with E-state index in [1.807, 2.05) is 0 Å². The maximum atomic E-state index is 12.4. The number of carboxylic acid groups (broad SMARTS) is 1. The molecule has 5 heteroatoms. The van der Waals surface area contributed by atoms with Crippen molar-refractivity contribution < 1.29 is 14.7 Å². The van der Waals surface area contributed by atoms with Crippen LogP contribution in [0.15, 0.2) is 0 Å². The van der Waals surface area contributed by atoms with Gasteiger partial charge in [0.25, 0.3) is 0 Å². The van der Waals surface area contributed by atoms with E-state index < -0.39 is 5.97 Å². The van der Waals surface area contributed by atoms with Gasteiger partial charge in [-0.3, -0.25) is 9.59 Å². The third kappa shape index (κ3) is 6.93. The molecule has 1 saturated heterocycles. The van der Waals surface area contributed by atoms with E-state index in [2.05, 4.69) is 38.3 Å². The van der Waals surface area contributed by atoms with E-state index in [0.29, 0.717) is 12.3 Å². The minimum Gasteiger partial charge on any atom is -0.481 e. The molecule has 0 saturated carbocycles. The minimum atomic E-state index is -0.868. The van der Waals surface area contributed by atoms with Crippen LogP contribution in [0.3, 0.4) is 0 Å². The van der Waals surface area contributed by atoms with Gasteiger partial charge < -0.3 is 15.7 Å². The zero-order chi connectivity index (χ0) is 16.0. The van der Waals surface area contributed by atoms with Gasteiger partial charge in [0.05, 0.1) is 12.5 Å². The summed E-state index contributed by atoms with van der Waals surface area (Å²) in [7, 11) is 0. The second kappa shape index (κ2) is 7.78. The molecule has 3 atom stereocenters. The average molecular weight is 298 g/mol. The lowest BCUT2D eigenvalue weighted by molar-refractivity contribution is -0.138. The first-order chi connectivity index (χ1) is 9.71. The quantitative estimate of drug-likeness (QED) is 0.702.